The largest absolute Gasteiger partial charge is 0.427 e. The molecule has 6 rings (SSSR count). The summed E-state index contributed by atoms with van der Waals surface area (Å²) in [6.45, 7) is 7.92. The minimum absolute atomic E-state index is 0.248. The molecule has 0 aliphatic carbocycles. The molecule has 1 unspecified atom stereocenters. The van der Waals surface area contributed by atoms with Gasteiger partial charge < -0.3 is 14.4 Å². The van der Waals surface area contributed by atoms with Gasteiger partial charge in [-0.05, 0) is 138 Å². The Balaban J connectivity index is 1.19. The van der Waals surface area contributed by atoms with E-state index in [1.54, 1.807) is 7.11 Å². The third-order valence-corrected chi connectivity index (χ3v) is 10.5. The van der Waals surface area contributed by atoms with E-state index in [0.29, 0.717) is 5.75 Å². The van der Waals surface area contributed by atoms with E-state index in [2.05, 4.69) is 147 Å². The topological polar surface area (TPSA) is 38.8 Å². The maximum absolute atomic E-state index is 11.3. The molecule has 0 spiro atoms. The molecule has 6 aromatic carbocycles. The van der Waals surface area contributed by atoms with E-state index < -0.39 is 0 Å². The van der Waals surface area contributed by atoms with Crippen LogP contribution in [0.4, 0.5) is 17.1 Å². The average Bonchev–Trinajstić information content (AvgIpc) is 3.21. The van der Waals surface area contributed by atoms with Crippen molar-refractivity contribution in [1.82, 2.24) is 0 Å². The van der Waals surface area contributed by atoms with Crippen molar-refractivity contribution >= 4 is 23.0 Å². The van der Waals surface area contributed by atoms with Crippen molar-refractivity contribution in [2.45, 2.75) is 71.8 Å². The second kappa shape index (κ2) is 17.4. The monoisotopic (exact) mass is 701 g/mol. The van der Waals surface area contributed by atoms with Crippen LogP contribution in [0.5, 0.6) is 5.75 Å². The predicted octanol–water partition coefficient (Wildman–Crippen LogP) is 12.2. The van der Waals surface area contributed by atoms with Crippen molar-refractivity contribution in [3.05, 3.63) is 179 Å². The molecule has 0 saturated carbocycles. The summed E-state index contributed by atoms with van der Waals surface area (Å²) in [7, 11) is 1.79. The van der Waals surface area contributed by atoms with Gasteiger partial charge in [0.1, 0.15) is 5.75 Å². The second-order valence-corrected chi connectivity index (χ2v) is 14.0. The molecule has 1 atom stereocenters. The summed E-state index contributed by atoms with van der Waals surface area (Å²) < 4.78 is 11.0. The summed E-state index contributed by atoms with van der Waals surface area (Å²) >= 11 is 0. The molecule has 270 valence electrons. The molecule has 0 aliphatic rings. The highest BCUT2D eigenvalue weighted by Gasteiger charge is 2.23. The third kappa shape index (κ3) is 9.51. The van der Waals surface area contributed by atoms with Crippen molar-refractivity contribution < 1.29 is 14.3 Å². The number of aryl methyl sites for hydroxylation is 5. The van der Waals surface area contributed by atoms with E-state index in [1.165, 1.54) is 51.4 Å². The van der Waals surface area contributed by atoms with Crippen LogP contribution < -0.4 is 9.64 Å². The maximum Gasteiger partial charge on any atom is 0.308 e. The molecule has 0 radical (unpaired) electrons. The first-order chi connectivity index (χ1) is 25.8. The van der Waals surface area contributed by atoms with Crippen LogP contribution in [0.25, 0.3) is 11.1 Å². The smallest absolute Gasteiger partial charge is 0.308 e. The quantitative estimate of drug-likeness (QED) is 0.0789. The number of ether oxygens (including phenoxy) is 2. The maximum atomic E-state index is 11.3. The number of carbonyl (C=O) groups is 1. The molecule has 0 bridgehead atoms. The lowest BCUT2D eigenvalue weighted by Gasteiger charge is -2.27. The standard InChI is InChI=1S/C49H51NO3/c1-6-37-12-22-42(23-13-37)43-24-32-47(33-25-43)50(46-30-18-40(19-31-46)10-11-41-20-34-48(35-21-41)53-36(3)51)45-28-16-39(17-29-45)9-8-38-14-26-44(27-15-38)49(4,7-2)52-5/h12-35H,6-11H2,1-5H3. The van der Waals surface area contributed by atoms with Gasteiger partial charge in [-0.1, -0.05) is 111 Å². The molecule has 0 N–H and O–H groups in total. The molecule has 0 amide bonds. The zero-order valence-electron chi connectivity index (χ0n) is 31.8. The fraction of sp³-hybridized carbons (Fsp3) is 0.245. The van der Waals surface area contributed by atoms with Crippen LogP contribution in [-0.2, 0) is 47.2 Å². The summed E-state index contributed by atoms with van der Waals surface area (Å²) in [6, 6.07) is 52.4. The number of esters is 1. The molecule has 0 aromatic heterocycles. The summed E-state index contributed by atoms with van der Waals surface area (Å²) in [5.74, 6) is 0.272. The Morgan fingerprint density at radius 1 is 0.528 bits per heavy atom. The highest BCUT2D eigenvalue weighted by Crippen LogP contribution is 2.36. The van der Waals surface area contributed by atoms with Crippen LogP contribution >= 0.6 is 0 Å². The van der Waals surface area contributed by atoms with Gasteiger partial charge in [-0.25, -0.2) is 0 Å². The van der Waals surface area contributed by atoms with Crippen molar-refractivity contribution in [2.75, 3.05) is 12.0 Å². The molecular formula is C49H51NO3. The number of hydrogen-bond donors (Lipinski definition) is 0. The molecule has 53 heavy (non-hydrogen) atoms. The summed E-state index contributed by atoms with van der Waals surface area (Å²) in [5, 5.41) is 0. The van der Waals surface area contributed by atoms with Crippen LogP contribution in [0.15, 0.2) is 146 Å². The van der Waals surface area contributed by atoms with Gasteiger partial charge >= 0.3 is 5.97 Å². The van der Waals surface area contributed by atoms with Gasteiger partial charge in [0.2, 0.25) is 0 Å². The van der Waals surface area contributed by atoms with Crippen LogP contribution in [0.1, 0.15) is 67.5 Å². The molecule has 0 heterocycles. The number of rotatable bonds is 15. The van der Waals surface area contributed by atoms with Crippen molar-refractivity contribution in [3.8, 4) is 16.9 Å². The van der Waals surface area contributed by atoms with E-state index >= 15 is 0 Å². The molecular weight excluding hydrogens is 651 g/mol. The van der Waals surface area contributed by atoms with Crippen LogP contribution in [0, 0.1) is 0 Å². The van der Waals surface area contributed by atoms with Gasteiger partial charge in [0, 0.05) is 31.1 Å². The highest BCUT2D eigenvalue weighted by molar-refractivity contribution is 5.78. The number of anilines is 3. The Labute approximate surface area is 316 Å². The fourth-order valence-electron chi connectivity index (χ4n) is 6.76. The zero-order chi connectivity index (χ0) is 37.2. The van der Waals surface area contributed by atoms with Gasteiger partial charge in [-0.3, -0.25) is 4.79 Å². The van der Waals surface area contributed by atoms with Crippen LogP contribution in [0.2, 0.25) is 0 Å². The predicted molar refractivity (Wildman–Crippen MR) is 220 cm³/mol. The third-order valence-electron chi connectivity index (χ3n) is 10.5. The first-order valence-corrected chi connectivity index (χ1v) is 18.9. The highest BCUT2D eigenvalue weighted by atomic mass is 16.5. The number of benzene rings is 6. The Bertz CT molecular complexity index is 2040. The van der Waals surface area contributed by atoms with E-state index in [9.17, 15) is 4.79 Å². The first-order valence-electron chi connectivity index (χ1n) is 18.9. The normalized spacial score (nSPS) is 12.2. The van der Waals surface area contributed by atoms with Crippen molar-refractivity contribution in [3.63, 3.8) is 0 Å². The average molecular weight is 702 g/mol. The summed E-state index contributed by atoms with van der Waals surface area (Å²) in [4.78, 5) is 13.6. The van der Waals surface area contributed by atoms with Gasteiger partial charge in [0.15, 0.2) is 0 Å². The molecule has 6 aromatic rings. The van der Waals surface area contributed by atoms with Gasteiger partial charge in [0.25, 0.3) is 0 Å². The minimum Gasteiger partial charge on any atom is -0.427 e. The lowest BCUT2D eigenvalue weighted by atomic mass is 9.91. The Hall–Kier alpha value is -5.45. The van der Waals surface area contributed by atoms with Crippen molar-refractivity contribution in [2.24, 2.45) is 0 Å². The number of carbonyl (C=O) groups excluding carboxylic acids is 1. The van der Waals surface area contributed by atoms with Gasteiger partial charge in [-0.15, -0.1) is 0 Å². The van der Waals surface area contributed by atoms with Gasteiger partial charge in [0.05, 0.1) is 5.60 Å². The van der Waals surface area contributed by atoms with E-state index in [0.717, 1.165) is 55.6 Å². The van der Waals surface area contributed by atoms with Gasteiger partial charge in [-0.2, -0.15) is 0 Å². The molecule has 0 aliphatic heterocycles. The Morgan fingerprint density at radius 2 is 0.887 bits per heavy atom. The Morgan fingerprint density at radius 3 is 1.26 bits per heavy atom. The SMILES string of the molecule is CCc1ccc(-c2ccc(N(c3ccc(CCc4ccc(OC(C)=O)cc4)cc3)c3ccc(CCc4ccc(C(C)(CC)OC)cc4)cc3)cc2)cc1. The van der Waals surface area contributed by atoms with E-state index in [1.807, 2.05) is 24.3 Å². The number of nitrogens with zero attached hydrogens (tertiary/aromatic N) is 1. The second-order valence-electron chi connectivity index (χ2n) is 14.0. The van der Waals surface area contributed by atoms with Crippen LogP contribution in [0.3, 0.4) is 0 Å². The van der Waals surface area contributed by atoms with Crippen LogP contribution in [-0.4, -0.2) is 13.1 Å². The number of hydrogen-bond acceptors (Lipinski definition) is 4. The molecule has 4 nitrogen and oxygen atoms in total. The van der Waals surface area contributed by atoms with E-state index in [-0.39, 0.29) is 11.6 Å². The summed E-state index contributed by atoms with van der Waals surface area (Å²) in [6.07, 6.45) is 5.75. The number of methoxy groups -OCH3 is 1. The first kappa shape index (κ1) is 37.3. The lowest BCUT2D eigenvalue weighted by Crippen LogP contribution is -2.22. The Kier molecular flexibility index (Phi) is 12.2. The molecule has 4 heteroatoms. The zero-order valence-corrected chi connectivity index (χ0v) is 31.8. The minimum atomic E-state index is -0.305. The van der Waals surface area contributed by atoms with E-state index in [4.69, 9.17) is 9.47 Å². The fourth-order valence-corrected chi connectivity index (χ4v) is 6.76. The summed E-state index contributed by atoms with van der Waals surface area (Å²) in [5.41, 5.74) is 13.2. The lowest BCUT2D eigenvalue weighted by molar-refractivity contribution is -0.131. The van der Waals surface area contributed by atoms with Crippen molar-refractivity contribution in [1.29, 1.82) is 0 Å². The molecule has 0 fully saturated rings. The molecule has 0 saturated heterocycles.